The van der Waals surface area contributed by atoms with Crippen LogP contribution in [-0.4, -0.2) is 42.4 Å². The van der Waals surface area contributed by atoms with Gasteiger partial charge in [0.15, 0.2) is 11.9 Å². The number of aryl methyl sites for hydroxylation is 1. The molecule has 6 nitrogen and oxygen atoms in total. The molecule has 0 bridgehead atoms. The summed E-state index contributed by atoms with van der Waals surface area (Å²) >= 11 is 0. The largest absolute Gasteiger partial charge is 0.341 e. The minimum Gasteiger partial charge on any atom is -0.341 e. The maximum Gasteiger partial charge on any atom is 0.252 e. The van der Waals surface area contributed by atoms with Gasteiger partial charge in [0.05, 0.1) is 0 Å². The van der Waals surface area contributed by atoms with E-state index in [4.69, 9.17) is 9.47 Å². The average molecular weight is 334 g/mol. The summed E-state index contributed by atoms with van der Waals surface area (Å²) in [5.41, 5.74) is 1.50. The third kappa shape index (κ3) is 2.39. The van der Waals surface area contributed by atoms with Crippen LogP contribution in [0.1, 0.15) is 25.8 Å². The number of carbonyl (C=O) groups excluding carboxylic acids is 2. The van der Waals surface area contributed by atoms with Gasteiger partial charge in [0.25, 0.3) is 11.8 Å². The number of hydrogen-bond donors (Lipinski definition) is 1. The van der Waals surface area contributed by atoms with Crippen molar-refractivity contribution in [2.75, 3.05) is 11.4 Å². The summed E-state index contributed by atoms with van der Waals surface area (Å²) in [4.78, 5) is 26.7. The van der Waals surface area contributed by atoms with Crippen LogP contribution in [0.5, 0.6) is 0 Å². The Bertz CT molecular complexity index is 721. The number of rotatable bonds is 1. The Hall–Kier alpha value is -1.99. The molecule has 0 unspecified atom stereocenters. The zero-order valence-corrected chi connectivity index (χ0v) is 13.5. The molecule has 0 spiro atoms. The Balaban J connectivity index is 1.62. The number of ether oxygens (including phenoxy) is 2. The Labute approximate surface area is 138 Å². The monoisotopic (exact) mass is 334 g/mol. The van der Waals surface area contributed by atoms with Crippen molar-refractivity contribution in [2.45, 2.75) is 50.7 Å². The number of benzene rings is 1. The molecule has 3 heterocycles. The first-order valence-electron chi connectivity index (χ1n) is 8.11. The summed E-state index contributed by atoms with van der Waals surface area (Å²) in [6.45, 7) is 3.98. The Kier molecular flexibility index (Phi) is 3.40. The second kappa shape index (κ2) is 5.26. The third-order valence-electron chi connectivity index (χ3n) is 4.71. The molecule has 7 heteroatoms. The molecule has 2 saturated heterocycles. The summed E-state index contributed by atoms with van der Waals surface area (Å²) in [5, 5.41) is 2.68. The summed E-state index contributed by atoms with van der Waals surface area (Å²) < 4.78 is 24.8. The van der Waals surface area contributed by atoms with Gasteiger partial charge < -0.3 is 19.7 Å². The van der Waals surface area contributed by atoms with Crippen molar-refractivity contribution < 1.29 is 23.5 Å². The predicted molar refractivity (Wildman–Crippen MR) is 82.8 cm³/mol. The van der Waals surface area contributed by atoms with Crippen LogP contribution in [0.4, 0.5) is 10.1 Å². The lowest BCUT2D eigenvalue weighted by Gasteiger charge is -2.32. The molecule has 1 N–H and O–H groups in total. The molecule has 0 saturated carbocycles. The van der Waals surface area contributed by atoms with E-state index in [1.807, 2.05) is 0 Å². The minimum atomic E-state index is -0.894. The smallest absolute Gasteiger partial charge is 0.252 e. The number of fused-ring (bicyclic) bond motifs is 2. The van der Waals surface area contributed by atoms with Crippen molar-refractivity contribution in [3.63, 3.8) is 0 Å². The molecule has 24 heavy (non-hydrogen) atoms. The summed E-state index contributed by atoms with van der Waals surface area (Å²) in [6.07, 6.45) is 0.0594. The fraction of sp³-hybridized carbons (Fsp3) is 0.529. The van der Waals surface area contributed by atoms with Crippen LogP contribution in [0.15, 0.2) is 18.2 Å². The van der Waals surface area contributed by atoms with Crippen LogP contribution >= 0.6 is 0 Å². The molecular formula is C17H19FN2O4. The van der Waals surface area contributed by atoms with Crippen LogP contribution in [0.2, 0.25) is 0 Å². The number of amides is 2. The molecule has 3 aliphatic heterocycles. The Morgan fingerprint density at radius 3 is 2.96 bits per heavy atom. The second-order valence-electron chi connectivity index (χ2n) is 6.87. The third-order valence-corrected chi connectivity index (χ3v) is 4.71. The van der Waals surface area contributed by atoms with Gasteiger partial charge in [-0.05, 0) is 50.5 Å². The van der Waals surface area contributed by atoms with Crippen molar-refractivity contribution in [2.24, 2.45) is 0 Å². The Morgan fingerprint density at radius 2 is 2.17 bits per heavy atom. The van der Waals surface area contributed by atoms with E-state index in [2.05, 4.69) is 5.32 Å². The summed E-state index contributed by atoms with van der Waals surface area (Å²) in [6, 6.07) is 3.63. The van der Waals surface area contributed by atoms with Crippen molar-refractivity contribution in [1.82, 2.24) is 5.32 Å². The van der Waals surface area contributed by atoms with E-state index < -0.39 is 24.0 Å². The van der Waals surface area contributed by atoms with Crippen LogP contribution in [0, 0.1) is 5.82 Å². The SMILES string of the molecule is CC1(C)O[C@H]2[C@@H](C(=O)N3CCCc4cc(F)ccc43)NC(=O)[C@H]2O1. The molecule has 2 fully saturated rings. The molecule has 3 aliphatic rings. The summed E-state index contributed by atoms with van der Waals surface area (Å²) in [7, 11) is 0. The molecule has 0 radical (unpaired) electrons. The highest BCUT2D eigenvalue weighted by molar-refractivity contribution is 6.03. The van der Waals surface area contributed by atoms with E-state index in [0.717, 1.165) is 18.4 Å². The van der Waals surface area contributed by atoms with Gasteiger partial charge >= 0.3 is 0 Å². The van der Waals surface area contributed by atoms with E-state index in [9.17, 15) is 14.0 Å². The maximum absolute atomic E-state index is 13.4. The van der Waals surface area contributed by atoms with Gasteiger partial charge in [-0.1, -0.05) is 0 Å². The highest BCUT2D eigenvalue weighted by Gasteiger charge is 2.57. The lowest BCUT2D eigenvalue weighted by molar-refractivity contribution is -0.164. The van der Waals surface area contributed by atoms with Crippen LogP contribution in [-0.2, 0) is 25.5 Å². The van der Waals surface area contributed by atoms with Gasteiger partial charge in [0.1, 0.15) is 18.0 Å². The van der Waals surface area contributed by atoms with Gasteiger partial charge in [-0.25, -0.2) is 4.39 Å². The first-order valence-corrected chi connectivity index (χ1v) is 8.11. The molecule has 1 aromatic carbocycles. The topological polar surface area (TPSA) is 67.9 Å². The van der Waals surface area contributed by atoms with E-state index in [-0.39, 0.29) is 17.6 Å². The van der Waals surface area contributed by atoms with Crippen molar-refractivity contribution in [1.29, 1.82) is 0 Å². The van der Waals surface area contributed by atoms with Crippen molar-refractivity contribution >= 4 is 17.5 Å². The van der Waals surface area contributed by atoms with Gasteiger partial charge in [-0.15, -0.1) is 0 Å². The second-order valence-corrected chi connectivity index (χ2v) is 6.87. The van der Waals surface area contributed by atoms with E-state index in [1.54, 1.807) is 24.8 Å². The van der Waals surface area contributed by atoms with Crippen LogP contribution in [0.3, 0.4) is 0 Å². The minimum absolute atomic E-state index is 0.246. The number of nitrogens with zero attached hydrogens (tertiary/aromatic N) is 1. The van der Waals surface area contributed by atoms with Crippen molar-refractivity contribution in [3.8, 4) is 0 Å². The Morgan fingerprint density at radius 1 is 1.38 bits per heavy atom. The average Bonchev–Trinajstić information content (AvgIpc) is 3.00. The molecule has 0 aromatic heterocycles. The van der Waals surface area contributed by atoms with E-state index in [0.29, 0.717) is 12.2 Å². The number of carbonyl (C=O) groups is 2. The van der Waals surface area contributed by atoms with Crippen molar-refractivity contribution in [3.05, 3.63) is 29.6 Å². The van der Waals surface area contributed by atoms with Crippen LogP contribution < -0.4 is 10.2 Å². The maximum atomic E-state index is 13.4. The predicted octanol–water partition coefficient (Wildman–Crippen LogP) is 1.12. The molecule has 128 valence electrons. The standard InChI is InChI=1S/C17H19FN2O4/c1-17(2)23-13-12(19-15(21)14(13)24-17)16(22)20-7-3-4-9-8-10(18)5-6-11(9)20/h5-6,8,12-14H,3-4,7H2,1-2H3,(H,19,21)/t12-,13-,14-/m0/s1. The molecule has 1 aromatic rings. The summed E-state index contributed by atoms with van der Waals surface area (Å²) in [5.74, 6) is -1.79. The van der Waals surface area contributed by atoms with Crippen LogP contribution in [0.25, 0.3) is 0 Å². The number of anilines is 1. The first-order chi connectivity index (χ1) is 11.4. The molecule has 2 amide bonds. The molecular weight excluding hydrogens is 315 g/mol. The van der Waals surface area contributed by atoms with Gasteiger partial charge in [0, 0.05) is 12.2 Å². The molecule has 0 aliphatic carbocycles. The normalized spacial score (nSPS) is 30.7. The zero-order valence-electron chi connectivity index (χ0n) is 13.5. The fourth-order valence-electron chi connectivity index (χ4n) is 3.72. The van der Waals surface area contributed by atoms with Gasteiger partial charge in [0.2, 0.25) is 0 Å². The quantitative estimate of drug-likeness (QED) is 0.836. The van der Waals surface area contributed by atoms with E-state index >= 15 is 0 Å². The lowest BCUT2D eigenvalue weighted by atomic mass is 10.00. The number of hydrogen-bond acceptors (Lipinski definition) is 4. The number of nitrogens with one attached hydrogen (secondary N) is 1. The highest BCUT2D eigenvalue weighted by atomic mass is 19.1. The first kappa shape index (κ1) is 15.5. The lowest BCUT2D eigenvalue weighted by Crippen LogP contribution is -2.51. The van der Waals surface area contributed by atoms with Gasteiger partial charge in [-0.3, -0.25) is 9.59 Å². The number of halogens is 1. The molecule has 3 atom stereocenters. The fourth-order valence-corrected chi connectivity index (χ4v) is 3.72. The molecule has 4 rings (SSSR count). The highest BCUT2D eigenvalue weighted by Crippen LogP contribution is 2.35. The zero-order chi connectivity index (χ0) is 17.1. The van der Waals surface area contributed by atoms with E-state index in [1.165, 1.54) is 12.1 Å². The van der Waals surface area contributed by atoms with Gasteiger partial charge in [-0.2, -0.15) is 0 Å².